The Balaban J connectivity index is 2.47. The number of carbonyl (C=O) groups excluding carboxylic acids is 1. The zero-order valence-electron chi connectivity index (χ0n) is 16.3. The van der Waals surface area contributed by atoms with Gasteiger partial charge in [-0.05, 0) is 31.9 Å². The molecule has 2 rings (SSSR count). The zero-order chi connectivity index (χ0) is 20.7. The number of aryl methyl sites for hydroxylation is 2. The van der Waals surface area contributed by atoms with Crippen LogP contribution in [0.2, 0.25) is 5.02 Å². The predicted octanol–water partition coefficient (Wildman–Crippen LogP) is 4.28. The van der Waals surface area contributed by atoms with Crippen molar-refractivity contribution in [2.75, 3.05) is 26.9 Å². The second kappa shape index (κ2) is 10.3. The van der Waals surface area contributed by atoms with E-state index in [1.807, 2.05) is 32.9 Å². The third-order valence-electron chi connectivity index (χ3n) is 3.86. The first-order valence-corrected chi connectivity index (χ1v) is 9.11. The Hall–Kier alpha value is -2.35. The molecule has 0 aliphatic heterocycles. The minimum absolute atomic E-state index is 0.00948. The largest absolute Gasteiger partial charge is 0.514 e. The number of rotatable bonds is 8. The Bertz CT molecular complexity index is 889. The summed E-state index contributed by atoms with van der Waals surface area (Å²) in [7, 11) is 1.43. The maximum Gasteiger partial charge on any atom is 0.514 e. The lowest BCUT2D eigenvalue weighted by atomic mass is 9.99. The van der Waals surface area contributed by atoms with Crippen molar-refractivity contribution < 1.29 is 28.2 Å². The first kappa shape index (κ1) is 21.9. The van der Waals surface area contributed by atoms with Crippen molar-refractivity contribution in [1.29, 1.82) is 0 Å². The molecule has 0 spiro atoms. The van der Waals surface area contributed by atoms with Gasteiger partial charge in [0, 0.05) is 13.7 Å². The van der Waals surface area contributed by atoms with Crippen molar-refractivity contribution in [3.8, 4) is 16.9 Å². The summed E-state index contributed by atoms with van der Waals surface area (Å²) in [6.45, 7) is 6.28. The van der Waals surface area contributed by atoms with Crippen LogP contribution in [0.5, 0.6) is 5.75 Å². The van der Waals surface area contributed by atoms with E-state index in [0.717, 1.165) is 11.1 Å². The molecule has 0 saturated carbocycles. The van der Waals surface area contributed by atoms with Gasteiger partial charge in [0.05, 0.1) is 6.61 Å². The molecular formula is C20H23ClO7. The third-order valence-corrected chi connectivity index (χ3v) is 4.24. The van der Waals surface area contributed by atoms with E-state index in [1.54, 1.807) is 6.07 Å². The Morgan fingerprint density at radius 1 is 1.21 bits per heavy atom. The highest BCUT2D eigenvalue weighted by Gasteiger charge is 2.25. The molecule has 0 radical (unpaired) electrons. The Kier molecular flexibility index (Phi) is 8.04. The van der Waals surface area contributed by atoms with Gasteiger partial charge in [-0.3, -0.25) is 0 Å². The van der Waals surface area contributed by atoms with Crippen LogP contribution >= 0.6 is 11.6 Å². The van der Waals surface area contributed by atoms with Crippen LogP contribution in [-0.2, 0) is 20.8 Å². The molecule has 0 atom stereocenters. The number of hydrogen-bond donors (Lipinski definition) is 0. The van der Waals surface area contributed by atoms with Gasteiger partial charge in [-0.2, -0.15) is 0 Å². The molecular weight excluding hydrogens is 388 g/mol. The number of halogens is 1. The molecule has 8 heteroatoms. The monoisotopic (exact) mass is 410 g/mol. The molecule has 1 aromatic heterocycles. The second-order valence-corrected chi connectivity index (χ2v) is 6.36. The highest BCUT2D eigenvalue weighted by atomic mass is 35.5. The highest BCUT2D eigenvalue weighted by molar-refractivity contribution is 6.33. The number of hydrogen-bond acceptors (Lipinski definition) is 7. The number of ether oxygens (including phenoxy) is 4. The summed E-state index contributed by atoms with van der Waals surface area (Å²) < 4.78 is 25.7. The van der Waals surface area contributed by atoms with Gasteiger partial charge in [-0.25, -0.2) is 9.59 Å². The fourth-order valence-electron chi connectivity index (χ4n) is 2.62. The zero-order valence-corrected chi connectivity index (χ0v) is 17.1. The van der Waals surface area contributed by atoms with E-state index in [0.29, 0.717) is 12.2 Å². The lowest BCUT2D eigenvalue weighted by molar-refractivity contribution is 0.0559. The number of methoxy groups -OCH3 is 1. The van der Waals surface area contributed by atoms with E-state index in [9.17, 15) is 9.59 Å². The van der Waals surface area contributed by atoms with Gasteiger partial charge in [0.2, 0.25) is 0 Å². The minimum Gasteiger partial charge on any atom is -0.432 e. The molecule has 0 fully saturated rings. The van der Waals surface area contributed by atoms with Crippen LogP contribution in [-0.4, -0.2) is 33.1 Å². The van der Waals surface area contributed by atoms with Gasteiger partial charge in [0.15, 0.2) is 11.5 Å². The van der Waals surface area contributed by atoms with E-state index in [1.165, 1.54) is 7.11 Å². The maximum atomic E-state index is 12.7. The van der Waals surface area contributed by atoms with Crippen molar-refractivity contribution in [3.05, 3.63) is 50.5 Å². The van der Waals surface area contributed by atoms with Crippen LogP contribution < -0.4 is 10.4 Å². The van der Waals surface area contributed by atoms with Crippen LogP contribution in [0.4, 0.5) is 4.79 Å². The van der Waals surface area contributed by atoms with Crippen LogP contribution in [0, 0.1) is 13.8 Å². The summed E-state index contributed by atoms with van der Waals surface area (Å²) >= 11 is 6.36. The maximum absolute atomic E-state index is 12.7. The summed E-state index contributed by atoms with van der Waals surface area (Å²) in [4.78, 5) is 24.8. The van der Waals surface area contributed by atoms with Gasteiger partial charge in [0.1, 0.15) is 23.8 Å². The van der Waals surface area contributed by atoms with Gasteiger partial charge >= 0.3 is 11.8 Å². The van der Waals surface area contributed by atoms with Crippen LogP contribution in [0.25, 0.3) is 11.1 Å². The third kappa shape index (κ3) is 5.34. The minimum atomic E-state index is -0.999. The van der Waals surface area contributed by atoms with Crippen LogP contribution in [0.15, 0.2) is 27.4 Å². The van der Waals surface area contributed by atoms with Crippen molar-refractivity contribution in [2.45, 2.75) is 27.4 Å². The average molecular weight is 411 g/mol. The van der Waals surface area contributed by atoms with E-state index >= 15 is 0 Å². The van der Waals surface area contributed by atoms with Crippen molar-refractivity contribution in [1.82, 2.24) is 0 Å². The molecule has 2 aromatic rings. The van der Waals surface area contributed by atoms with Crippen molar-refractivity contribution in [3.63, 3.8) is 0 Å². The molecule has 152 valence electrons. The lowest BCUT2D eigenvalue weighted by Crippen LogP contribution is -2.18. The SMILES string of the molecule is CCOCCOC(=O)Oc1c(Cl)c(COC)oc(=O)c1-c1ccc(C)cc1C. The van der Waals surface area contributed by atoms with Gasteiger partial charge in [-0.15, -0.1) is 0 Å². The smallest absolute Gasteiger partial charge is 0.432 e. The molecule has 1 heterocycles. The van der Waals surface area contributed by atoms with Crippen LogP contribution in [0.3, 0.4) is 0 Å². The fraction of sp³-hybridized carbons (Fsp3) is 0.400. The van der Waals surface area contributed by atoms with Crippen molar-refractivity contribution >= 4 is 17.8 Å². The molecule has 7 nitrogen and oxygen atoms in total. The number of benzene rings is 1. The normalized spacial score (nSPS) is 10.8. The van der Waals surface area contributed by atoms with E-state index in [-0.39, 0.29) is 41.9 Å². The fourth-order valence-corrected chi connectivity index (χ4v) is 2.85. The average Bonchev–Trinajstić information content (AvgIpc) is 2.64. The first-order chi connectivity index (χ1) is 13.4. The van der Waals surface area contributed by atoms with E-state index < -0.39 is 11.8 Å². The molecule has 0 amide bonds. The molecule has 0 saturated heterocycles. The Morgan fingerprint density at radius 3 is 2.61 bits per heavy atom. The molecule has 0 aliphatic rings. The summed E-state index contributed by atoms with van der Waals surface area (Å²) in [5.74, 6) is -0.0712. The molecule has 28 heavy (non-hydrogen) atoms. The molecule has 0 aliphatic carbocycles. The van der Waals surface area contributed by atoms with Gasteiger partial charge < -0.3 is 23.4 Å². The molecule has 0 bridgehead atoms. The lowest BCUT2D eigenvalue weighted by Gasteiger charge is -2.14. The van der Waals surface area contributed by atoms with Gasteiger partial charge in [0.25, 0.3) is 0 Å². The topological polar surface area (TPSA) is 84.2 Å². The Labute approximate surface area is 168 Å². The summed E-state index contributed by atoms with van der Waals surface area (Å²) in [5.41, 5.74) is 1.72. The van der Waals surface area contributed by atoms with Crippen molar-refractivity contribution in [2.24, 2.45) is 0 Å². The molecule has 0 N–H and O–H groups in total. The summed E-state index contributed by atoms with van der Waals surface area (Å²) in [6.07, 6.45) is -0.999. The van der Waals surface area contributed by atoms with Crippen LogP contribution in [0.1, 0.15) is 23.8 Å². The molecule has 1 aromatic carbocycles. The first-order valence-electron chi connectivity index (χ1n) is 8.73. The second-order valence-electron chi connectivity index (χ2n) is 5.98. The predicted molar refractivity (Wildman–Crippen MR) is 104 cm³/mol. The Morgan fingerprint density at radius 2 is 1.96 bits per heavy atom. The van der Waals surface area contributed by atoms with E-state index in [4.69, 9.17) is 35.0 Å². The van der Waals surface area contributed by atoms with E-state index in [2.05, 4.69) is 0 Å². The molecule has 0 unspecified atom stereocenters. The van der Waals surface area contributed by atoms with Gasteiger partial charge in [-0.1, -0.05) is 35.4 Å². The quantitative estimate of drug-likeness (QED) is 0.474. The highest BCUT2D eigenvalue weighted by Crippen LogP contribution is 2.38. The number of carbonyl (C=O) groups is 1. The standard InChI is InChI=1S/C20H23ClO7/c1-5-25-8-9-26-20(23)28-18-16(14-7-6-12(2)10-13(14)3)19(22)27-15(11-24-4)17(18)21/h6-7,10H,5,8-9,11H2,1-4H3. The summed E-state index contributed by atoms with van der Waals surface area (Å²) in [5, 5.41) is -0.0295. The summed E-state index contributed by atoms with van der Waals surface area (Å²) in [6, 6.07) is 5.48.